The third-order valence-electron chi connectivity index (χ3n) is 3.35. The molecule has 5 nitrogen and oxygen atoms in total. The molecule has 1 unspecified atom stereocenters. The molecule has 1 amide bonds. The largest absolute Gasteiger partial charge is 0.384 e. The van der Waals surface area contributed by atoms with Gasteiger partial charge in [-0.15, -0.1) is 0 Å². The van der Waals surface area contributed by atoms with Gasteiger partial charge < -0.3 is 20.1 Å². The molecule has 0 bridgehead atoms. The van der Waals surface area contributed by atoms with Gasteiger partial charge >= 0.3 is 0 Å². The molecular weight excluding hydrogens is 256 g/mol. The fraction of sp³-hybridized carbons (Fsp3) is 0.533. The van der Waals surface area contributed by atoms with Gasteiger partial charge in [-0.25, -0.2) is 0 Å². The maximum Gasteiger partial charge on any atom is 0.229 e. The van der Waals surface area contributed by atoms with E-state index in [0.717, 1.165) is 17.7 Å². The van der Waals surface area contributed by atoms with Crippen LogP contribution >= 0.6 is 0 Å². The van der Waals surface area contributed by atoms with Crippen molar-refractivity contribution in [2.45, 2.75) is 12.3 Å². The van der Waals surface area contributed by atoms with Gasteiger partial charge in [0.15, 0.2) is 0 Å². The fourth-order valence-electron chi connectivity index (χ4n) is 2.27. The number of nitrogens with one attached hydrogen (secondary N) is 2. The Morgan fingerprint density at radius 1 is 1.35 bits per heavy atom. The smallest absolute Gasteiger partial charge is 0.229 e. The minimum atomic E-state index is -0.0828. The Balaban J connectivity index is 1.66. The zero-order chi connectivity index (χ0) is 14.2. The number of fused-ring (bicyclic) bond motifs is 1. The molecule has 0 aromatic heterocycles. The summed E-state index contributed by atoms with van der Waals surface area (Å²) in [5, 5.41) is 6.22. The van der Waals surface area contributed by atoms with Gasteiger partial charge in [0.25, 0.3) is 0 Å². The maximum atomic E-state index is 12.1. The summed E-state index contributed by atoms with van der Waals surface area (Å²) >= 11 is 0. The van der Waals surface area contributed by atoms with Crippen LogP contribution in [0.5, 0.6) is 0 Å². The summed E-state index contributed by atoms with van der Waals surface area (Å²) in [6.45, 7) is 3.17. The van der Waals surface area contributed by atoms with Crippen LogP contribution < -0.4 is 10.6 Å². The van der Waals surface area contributed by atoms with Crippen LogP contribution in [0.4, 0.5) is 5.69 Å². The first kappa shape index (κ1) is 14.8. The Labute approximate surface area is 119 Å². The Kier molecular flexibility index (Phi) is 5.83. The van der Waals surface area contributed by atoms with Crippen LogP contribution in [0.25, 0.3) is 0 Å². The van der Waals surface area contributed by atoms with Crippen LogP contribution in [0.1, 0.15) is 17.9 Å². The van der Waals surface area contributed by atoms with Gasteiger partial charge in [0, 0.05) is 32.5 Å². The highest BCUT2D eigenvalue weighted by molar-refractivity contribution is 5.88. The molecule has 110 valence electrons. The van der Waals surface area contributed by atoms with Crippen LogP contribution in [-0.2, 0) is 14.3 Å². The normalized spacial score (nSPS) is 16.6. The predicted molar refractivity (Wildman–Crippen MR) is 78.0 cm³/mol. The average molecular weight is 278 g/mol. The fourth-order valence-corrected chi connectivity index (χ4v) is 2.27. The number of methoxy groups -OCH3 is 1. The van der Waals surface area contributed by atoms with Crippen molar-refractivity contribution in [3.63, 3.8) is 0 Å². The number of anilines is 1. The molecule has 2 N–H and O–H groups in total. The lowest BCUT2D eigenvalue weighted by atomic mass is 10.0. The molecule has 1 aliphatic rings. The Morgan fingerprint density at radius 3 is 3.05 bits per heavy atom. The molecule has 1 atom stereocenters. The number of carbonyl (C=O) groups excluding carboxylic acids is 1. The molecule has 0 saturated heterocycles. The molecule has 0 fully saturated rings. The molecule has 0 radical (unpaired) electrons. The van der Waals surface area contributed by atoms with Crippen LogP contribution in [-0.4, -0.2) is 45.9 Å². The van der Waals surface area contributed by atoms with Crippen molar-refractivity contribution < 1.29 is 14.3 Å². The van der Waals surface area contributed by atoms with Gasteiger partial charge in [-0.2, -0.15) is 0 Å². The van der Waals surface area contributed by atoms with Crippen LogP contribution in [0, 0.1) is 0 Å². The van der Waals surface area contributed by atoms with E-state index in [9.17, 15) is 4.79 Å². The molecule has 20 heavy (non-hydrogen) atoms. The van der Waals surface area contributed by atoms with Crippen molar-refractivity contribution in [1.29, 1.82) is 0 Å². The lowest BCUT2D eigenvalue weighted by Gasteiger charge is -2.11. The lowest BCUT2D eigenvalue weighted by Crippen LogP contribution is -2.31. The van der Waals surface area contributed by atoms with E-state index in [1.807, 2.05) is 24.3 Å². The van der Waals surface area contributed by atoms with Crippen molar-refractivity contribution in [2.24, 2.45) is 0 Å². The Bertz CT molecular complexity index is 437. The number of ether oxygens (including phenoxy) is 2. The number of benzene rings is 1. The summed E-state index contributed by atoms with van der Waals surface area (Å²) in [5.74, 6) is -0.0000451. The van der Waals surface area contributed by atoms with Crippen molar-refractivity contribution in [3.05, 3.63) is 29.8 Å². The van der Waals surface area contributed by atoms with Gasteiger partial charge in [-0.3, -0.25) is 4.79 Å². The van der Waals surface area contributed by atoms with E-state index < -0.39 is 0 Å². The third-order valence-corrected chi connectivity index (χ3v) is 3.35. The van der Waals surface area contributed by atoms with E-state index in [0.29, 0.717) is 32.9 Å². The Morgan fingerprint density at radius 2 is 2.20 bits per heavy atom. The first-order valence-electron chi connectivity index (χ1n) is 7.00. The van der Waals surface area contributed by atoms with E-state index >= 15 is 0 Å². The van der Waals surface area contributed by atoms with E-state index in [1.54, 1.807) is 7.11 Å². The lowest BCUT2D eigenvalue weighted by molar-refractivity contribution is -0.122. The number of rotatable bonds is 8. The first-order chi connectivity index (χ1) is 9.83. The summed E-state index contributed by atoms with van der Waals surface area (Å²) in [7, 11) is 1.65. The van der Waals surface area contributed by atoms with Gasteiger partial charge in [-0.1, -0.05) is 18.2 Å². The summed E-state index contributed by atoms with van der Waals surface area (Å²) < 4.78 is 10.2. The molecule has 1 aromatic rings. The highest BCUT2D eigenvalue weighted by atomic mass is 16.5. The number of hydrogen-bond donors (Lipinski definition) is 2. The maximum absolute atomic E-state index is 12.1. The minimum Gasteiger partial charge on any atom is -0.384 e. The van der Waals surface area contributed by atoms with Crippen molar-refractivity contribution in [3.8, 4) is 0 Å². The minimum absolute atomic E-state index is 0.0827. The van der Waals surface area contributed by atoms with Gasteiger partial charge in [-0.05, 0) is 18.1 Å². The van der Waals surface area contributed by atoms with Gasteiger partial charge in [0.05, 0.1) is 19.1 Å². The number of carbonyl (C=O) groups is 1. The first-order valence-corrected chi connectivity index (χ1v) is 7.00. The third kappa shape index (κ3) is 3.95. The highest BCUT2D eigenvalue weighted by Gasteiger charge is 2.27. The summed E-state index contributed by atoms with van der Waals surface area (Å²) in [5.41, 5.74) is 2.15. The highest BCUT2D eigenvalue weighted by Crippen LogP contribution is 2.30. The standard InChI is InChI=1S/C15H22N2O3/c1-19-9-10-20-8-4-7-16-15(18)13-11-17-14-6-3-2-5-12(13)14/h2-3,5-6,13,17H,4,7-11H2,1H3,(H,16,18). The SMILES string of the molecule is COCCOCCCNC(=O)C1CNc2ccccc21. The van der Waals surface area contributed by atoms with E-state index in [1.165, 1.54) is 0 Å². The van der Waals surface area contributed by atoms with Crippen LogP contribution in [0.15, 0.2) is 24.3 Å². The van der Waals surface area contributed by atoms with Crippen molar-refractivity contribution in [1.82, 2.24) is 5.32 Å². The Hall–Kier alpha value is -1.59. The van der Waals surface area contributed by atoms with Crippen molar-refractivity contribution in [2.75, 3.05) is 45.3 Å². The second-order valence-electron chi connectivity index (χ2n) is 4.77. The molecule has 1 heterocycles. The molecule has 1 aliphatic heterocycles. The average Bonchev–Trinajstić information content (AvgIpc) is 2.90. The van der Waals surface area contributed by atoms with Gasteiger partial charge in [0.1, 0.15) is 0 Å². The quantitative estimate of drug-likeness (QED) is 0.705. The molecule has 5 heteroatoms. The molecule has 0 aliphatic carbocycles. The second-order valence-corrected chi connectivity index (χ2v) is 4.77. The van der Waals surface area contributed by atoms with Crippen molar-refractivity contribution >= 4 is 11.6 Å². The number of para-hydroxylation sites is 1. The second kappa shape index (κ2) is 7.87. The number of amides is 1. The zero-order valence-electron chi connectivity index (χ0n) is 11.9. The van der Waals surface area contributed by atoms with E-state index in [-0.39, 0.29) is 11.8 Å². The number of hydrogen-bond acceptors (Lipinski definition) is 4. The van der Waals surface area contributed by atoms with Crippen LogP contribution in [0.3, 0.4) is 0 Å². The topological polar surface area (TPSA) is 59.6 Å². The van der Waals surface area contributed by atoms with Crippen LogP contribution in [0.2, 0.25) is 0 Å². The van der Waals surface area contributed by atoms with Gasteiger partial charge in [0.2, 0.25) is 5.91 Å². The predicted octanol–water partition coefficient (Wildman–Crippen LogP) is 1.36. The monoisotopic (exact) mass is 278 g/mol. The molecule has 1 aromatic carbocycles. The zero-order valence-corrected chi connectivity index (χ0v) is 11.9. The molecule has 0 saturated carbocycles. The summed E-state index contributed by atoms with van der Waals surface area (Å²) in [6.07, 6.45) is 0.817. The molecule has 0 spiro atoms. The molecule has 2 rings (SSSR count). The summed E-state index contributed by atoms with van der Waals surface area (Å²) in [4.78, 5) is 12.1. The van der Waals surface area contributed by atoms with E-state index in [4.69, 9.17) is 9.47 Å². The summed E-state index contributed by atoms with van der Waals surface area (Å²) in [6, 6.07) is 7.96. The molecular formula is C15H22N2O3. The van der Waals surface area contributed by atoms with E-state index in [2.05, 4.69) is 10.6 Å².